The molecule has 4 aliphatic rings. The van der Waals surface area contributed by atoms with Crippen molar-refractivity contribution in [3.05, 3.63) is 168 Å². The molecule has 58 heavy (non-hydrogen) atoms. The summed E-state index contributed by atoms with van der Waals surface area (Å²) in [6, 6.07) is 45.3. The number of benzene rings is 7. The van der Waals surface area contributed by atoms with Gasteiger partial charge < -0.3 is 19.3 Å². The Labute approximate surface area is 337 Å². The SMILES string of the molecule is CC1(C)c2ccccc2N(c2ccc3c(c2)Oc2ccccc2S3(=O)=O)c2cc3c(cc21)N(c1ccc2c(c1)Oc1ccccc1S2(=O)=O)c1ccccc1C3(C)C. The molecule has 0 amide bonds. The molecule has 0 saturated heterocycles. The van der Waals surface area contributed by atoms with Crippen molar-refractivity contribution < 1.29 is 26.3 Å². The highest BCUT2D eigenvalue weighted by Gasteiger charge is 2.44. The van der Waals surface area contributed by atoms with Crippen LogP contribution in [0.3, 0.4) is 0 Å². The zero-order valence-electron chi connectivity index (χ0n) is 32.0. The number of ether oxygens (including phenoxy) is 2. The number of nitrogens with zero attached hydrogens (tertiary/aromatic N) is 2. The first-order chi connectivity index (χ1) is 27.8. The molecule has 0 atom stereocenters. The van der Waals surface area contributed by atoms with Crippen molar-refractivity contribution in [1.82, 2.24) is 0 Å². The molecule has 0 radical (unpaired) electrons. The maximum absolute atomic E-state index is 13.8. The standard InChI is InChI=1S/C48H36N2O6S2/c1-47(2)31-13-5-7-15-35(31)49(29-21-23-45-41(25-29)55-39-17-9-11-19-43(39)57(45,51)52)37-28-34-38(27-33(37)47)50(36-16-8-6-14-32(36)48(34,3)4)30-22-24-46-42(26-30)56-40-18-10-12-20-44(40)58(46,53)54/h5-28H,1-4H3. The highest BCUT2D eigenvalue weighted by molar-refractivity contribution is 7.92. The smallest absolute Gasteiger partial charge is 0.213 e. The van der Waals surface area contributed by atoms with Gasteiger partial charge in [0.2, 0.25) is 19.7 Å². The zero-order valence-corrected chi connectivity index (χ0v) is 33.6. The average molecular weight is 801 g/mol. The number of sulfone groups is 2. The van der Waals surface area contributed by atoms with E-state index in [1.807, 2.05) is 48.5 Å². The molecule has 0 fully saturated rings. The predicted molar refractivity (Wildman–Crippen MR) is 224 cm³/mol. The molecule has 0 spiro atoms. The third-order valence-corrected chi connectivity index (χ3v) is 15.9. The molecule has 0 bridgehead atoms. The third-order valence-electron chi connectivity index (χ3n) is 12.2. The number of fused-ring (bicyclic) bond motifs is 8. The van der Waals surface area contributed by atoms with Gasteiger partial charge >= 0.3 is 0 Å². The van der Waals surface area contributed by atoms with Crippen LogP contribution >= 0.6 is 0 Å². The van der Waals surface area contributed by atoms with Crippen LogP contribution in [0, 0.1) is 0 Å². The van der Waals surface area contributed by atoms with E-state index in [0.717, 1.165) is 56.4 Å². The fourth-order valence-corrected chi connectivity index (χ4v) is 12.3. The van der Waals surface area contributed by atoms with Crippen LogP contribution in [0.15, 0.2) is 165 Å². The second kappa shape index (κ2) is 11.6. The van der Waals surface area contributed by atoms with Crippen LogP contribution in [0.1, 0.15) is 49.9 Å². The monoisotopic (exact) mass is 800 g/mol. The summed E-state index contributed by atoms with van der Waals surface area (Å²) in [6.45, 7) is 8.93. The van der Waals surface area contributed by atoms with Crippen LogP contribution in [0.4, 0.5) is 34.1 Å². The highest BCUT2D eigenvalue weighted by atomic mass is 32.2. The number of hydrogen-bond acceptors (Lipinski definition) is 8. The Bertz CT molecular complexity index is 2980. The van der Waals surface area contributed by atoms with Crippen molar-refractivity contribution >= 4 is 53.8 Å². The molecule has 7 aromatic rings. The van der Waals surface area contributed by atoms with Crippen LogP contribution in [0.2, 0.25) is 0 Å². The van der Waals surface area contributed by atoms with Crippen LogP contribution in [0.25, 0.3) is 0 Å². The fourth-order valence-electron chi connectivity index (χ4n) is 9.31. The maximum Gasteiger partial charge on any atom is 0.213 e. The van der Waals surface area contributed by atoms with E-state index < -0.39 is 30.5 Å². The summed E-state index contributed by atoms with van der Waals surface area (Å²) < 4.78 is 67.7. The Kier molecular flexibility index (Phi) is 6.98. The van der Waals surface area contributed by atoms with Crippen molar-refractivity contribution in [2.45, 2.75) is 58.1 Å². The minimum Gasteiger partial charge on any atom is -0.455 e. The molecule has 11 rings (SSSR count). The number of para-hydroxylation sites is 4. The van der Waals surface area contributed by atoms with E-state index in [1.165, 1.54) is 0 Å². The summed E-state index contributed by atoms with van der Waals surface area (Å²) in [7, 11) is -7.59. The molecule has 7 aromatic carbocycles. The van der Waals surface area contributed by atoms with E-state index >= 15 is 0 Å². The lowest BCUT2D eigenvalue weighted by Crippen LogP contribution is -2.35. The third kappa shape index (κ3) is 4.61. The van der Waals surface area contributed by atoms with Gasteiger partial charge in [-0.1, -0.05) is 88.4 Å². The van der Waals surface area contributed by atoms with Crippen molar-refractivity contribution in [2.75, 3.05) is 9.80 Å². The van der Waals surface area contributed by atoms with Gasteiger partial charge in [-0.15, -0.1) is 0 Å². The molecule has 8 nitrogen and oxygen atoms in total. The lowest BCUT2D eigenvalue weighted by atomic mass is 9.69. The fraction of sp³-hybridized carbons (Fsp3) is 0.125. The summed E-state index contributed by atoms with van der Waals surface area (Å²) in [6.07, 6.45) is 0. The first-order valence-corrected chi connectivity index (χ1v) is 22.0. The Hall–Kier alpha value is -6.36. The van der Waals surface area contributed by atoms with Crippen molar-refractivity contribution in [3.8, 4) is 23.0 Å². The predicted octanol–water partition coefficient (Wildman–Crippen LogP) is 11.8. The zero-order chi connectivity index (χ0) is 39.9. The van der Waals surface area contributed by atoms with Crippen molar-refractivity contribution in [2.24, 2.45) is 0 Å². The molecule has 10 heteroatoms. The maximum atomic E-state index is 13.8. The second-order valence-electron chi connectivity index (χ2n) is 16.2. The van der Waals surface area contributed by atoms with Crippen LogP contribution in [0.5, 0.6) is 23.0 Å². The van der Waals surface area contributed by atoms with Gasteiger partial charge in [0.25, 0.3) is 0 Å². The Balaban J connectivity index is 1.13. The number of anilines is 6. The lowest BCUT2D eigenvalue weighted by Gasteiger charge is -2.47. The van der Waals surface area contributed by atoms with E-state index in [1.54, 1.807) is 60.7 Å². The molecule has 4 heterocycles. The molecular formula is C48H36N2O6S2. The van der Waals surface area contributed by atoms with E-state index in [2.05, 4.69) is 73.9 Å². The molecule has 0 saturated carbocycles. The van der Waals surface area contributed by atoms with Gasteiger partial charge in [-0.2, -0.15) is 0 Å². The van der Waals surface area contributed by atoms with Gasteiger partial charge in [-0.05, 0) is 95.1 Å². The van der Waals surface area contributed by atoms with Crippen LogP contribution in [-0.2, 0) is 30.5 Å². The number of rotatable bonds is 2. The highest BCUT2D eigenvalue weighted by Crippen LogP contribution is 2.60. The van der Waals surface area contributed by atoms with Gasteiger partial charge in [0, 0.05) is 34.3 Å². The summed E-state index contributed by atoms with van der Waals surface area (Å²) in [5, 5.41) is 0. The van der Waals surface area contributed by atoms with Gasteiger partial charge in [-0.3, -0.25) is 0 Å². The summed E-state index contributed by atoms with van der Waals surface area (Å²) >= 11 is 0. The van der Waals surface area contributed by atoms with E-state index in [4.69, 9.17) is 9.47 Å². The Morgan fingerprint density at radius 2 is 0.741 bits per heavy atom. The van der Waals surface area contributed by atoms with E-state index in [-0.39, 0.29) is 31.1 Å². The quantitative estimate of drug-likeness (QED) is 0.171. The van der Waals surface area contributed by atoms with Crippen molar-refractivity contribution in [3.63, 3.8) is 0 Å². The Morgan fingerprint density at radius 3 is 1.17 bits per heavy atom. The normalized spacial score (nSPS) is 17.7. The first kappa shape index (κ1) is 34.9. The largest absolute Gasteiger partial charge is 0.455 e. The second-order valence-corrected chi connectivity index (χ2v) is 20.0. The van der Waals surface area contributed by atoms with Crippen LogP contribution < -0.4 is 19.3 Å². The molecular weight excluding hydrogens is 765 g/mol. The van der Waals surface area contributed by atoms with Crippen molar-refractivity contribution in [1.29, 1.82) is 0 Å². The van der Waals surface area contributed by atoms with Gasteiger partial charge in [0.15, 0.2) is 0 Å². The van der Waals surface area contributed by atoms with Gasteiger partial charge in [0.05, 0.1) is 22.7 Å². The molecule has 286 valence electrons. The van der Waals surface area contributed by atoms with E-state index in [9.17, 15) is 16.8 Å². The van der Waals surface area contributed by atoms with E-state index in [0.29, 0.717) is 11.5 Å². The molecule has 0 aliphatic carbocycles. The van der Waals surface area contributed by atoms with Gasteiger partial charge in [0.1, 0.15) is 42.6 Å². The molecule has 0 N–H and O–H groups in total. The molecule has 0 unspecified atom stereocenters. The summed E-state index contributed by atoms with van der Waals surface area (Å²) in [5.74, 6) is 1.16. The first-order valence-electron chi connectivity index (χ1n) is 19.1. The van der Waals surface area contributed by atoms with Gasteiger partial charge in [-0.25, -0.2) is 16.8 Å². The molecule has 0 aromatic heterocycles. The minimum atomic E-state index is -3.80. The molecule has 4 aliphatic heterocycles. The number of hydrogen-bond donors (Lipinski definition) is 0. The Morgan fingerprint density at radius 1 is 0.379 bits per heavy atom. The summed E-state index contributed by atoms with van der Waals surface area (Å²) in [5.41, 5.74) is 8.82. The lowest BCUT2D eigenvalue weighted by molar-refractivity contribution is 0.442. The minimum absolute atomic E-state index is 0.130. The summed E-state index contributed by atoms with van der Waals surface area (Å²) in [4.78, 5) is 4.99. The average Bonchev–Trinajstić information content (AvgIpc) is 3.21. The topological polar surface area (TPSA) is 93.2 Å². The van der Waals surface area contributed by atoms with Crippen LogP contribution in [-0.4, -0.2) is 16.8 Å².